The van der Waals surface area contributed by atoms with Gasteiger partial charge >= 0.3 is 0 Å². The van der Waals surface area contributed by atoms with Crippen molar-refractivity contribution < 1.29 is 9.84 Å². The summed E-state index contributed by atoms with van der Waals surface area (Å²) in [6.45, 7) is 2.64. The molecule has 0 amide bonds. The maximum Gasteiger partial charge on any atom is 0.0793 e. The van der Waals surface area contributed by atoms with Gasteiger partial charge in [0.1, 0.15) is 0 Å². The molecule has 0 spiro atoms. The van der Waals surface area contributed by atoms with Crippen molar-refractivity contribution in [2.45, 2.75) is 32.5 Å². The first-order chi connectivity index (χ1) is 6.79. The molecule has 1 atom stereocenters. The Hall–Kier alpha value is -0.860. The van der Waals surface area contributed by atoms with Gasteiger partial charge in [0, 0.05) is 7.11 Å². The number of methoxy groups -OCH3 is 1. The molecule has 0 saturated heterocycles. The third-order valence-corrected chi connectivity index (χ3v) is 2.28. The number of aliphatic hydroxyl groups excluding tert-OH is 1. The van der Waals surface area contributed by atoms with E-state index in [9.17, 15) is 5.11 Å². The second kappa shape index (κ2) is 5.78. The van der Waals surface area contributed by atoms with Gasteiger partial charge in [0.15, 0.2) is 0 Å². The van der Waals surface area contributed by atoms with Crippen LogP contribution in [0.4, 0.5) is 0 Å². The lowest BCUT2D eigenvalue weighted by Gasteiger charge is -2.14. The van der Waals surface area contributed by atoms with Gasteiger partial charge in [-0.2, -0.15) is 0 Å². The van der Waals surface area contributed by atoms with E-state index in [2.05, 4.69) is 6.92 Å². The topological polar surface area (TPSA) is 29.5 Å². The molecular weight excluding hydrogens is 176 g/mol. The van der Waals surface area contributed by atoms with E-state index in [1.165, 1.54) is 0 Å². The zero-order valence-corrected chi connectivity index (χ0v) is 8.86. The van der Waals surface area contributed by atoms with E-state index >= 15 is 0 Å². The Morgan fingerprint density at radius 2 is 2.07 bits per heavy atom. The van der Waals surface area contributed by atoms with Crippen molar-refractivity contribution >= 4 is 0 Å². The summed E-state index contributed by atoms with van der Waals surface area (Å²) in [5.74, 6) is 0. The molecule has 0 aliphatic carbocycles. The summed E-state index contributed by atoms with van der Waals surface area (Å²) in [6.07, 6.45) is 1.44. The van der Waals surface area contributed by atoms with E-state index in [4.69, 9.17) is 4.74 Å². The van der Waals surface area contributed by atoms with Gasteiger partial charge in [-0.15, -0.1) is 0 Å². The molecule has 0 radical (unpaired) electrons. The molecule has 0 aliphatic rings. The van der Waals surface area contributed by atoms with E-state index in [0.29, 0.717) is 6.61 Å². The Labute approximate surface area is 85.5 Å². The molecule has 0 aromatic heterocycles. The standard InChI is InChI=1S/C12H18O2/c1-3-6-12(13)11-8-5-4-7-10(11)9-14-2/h4-5,7-8,12-13H,3,6,9H2,1-2H3. The zero-order chi connectivity index (χ0) is 10.4. The van der Waals surface area contributed by atoms with Crippen LogP contribution in [-0.2, 0) is 11.3 Å². The van der Waals surface area contributed by atoms with Crippen molar-refractivity contribution in [1.29, 1.82) is 0 Å². The lowest BCUT2D eigenvalue weighted by Crippen LogP contribution is -2.02. The van der Waals surface area contributed by atoms with Crippen molar-refractivity contribution in [3.05, 3.63) is 35.4 Å². The largest absolute Gasteiger partial charge is 0.388 e. The molecular formula is C12H18O2. The molecule has 0 saturated carbocycles. The normalized spacial score (nSPS) is 12.8. The van der Waals surface area contributed by atoms with Crippen molar-refractivity contribution in [3.63, 3.8) is 0 Å². The lowest BCUT2D eigenvalue weighted by atomic mass is 10.00. The monoisotopic (exact) mass is 194 g/mol. The van der Waals surface area contributed by atoms with Crippen molar-refractivity contribution in [2.24, 2.45) is 0 Å². The van der Waals surface area contributed by atoms with Crippen LogP contribution in [0, 0.1) is 0 Å². The number of rotatable bonds is 5. The Bertz CT molecular complexity index is 271. The quantitative estimate of drug-likeness (QED) is 0.780. The van der Waals surface area contributed by atoms with Crippen LogP contribution < -0.4 is 0 Å². The molecule has 0 aliphatic heterocycles. The summed E-state index contributed by atoms with van der Waals surface area (Å²) in [7, 11) is 1.67. The van der Waals surface area contributed by atoms with Crippen LogP contribution in [0.3, 0.4) is 0 Å². The van der Waals surface area contributed by atoms with E-state index in [1.54, 1.807) is 7.11 Å². The maximum atomic E-state index is 9.87. The molecule has 78 valence electrons. The third-order valence-electron chi connectivity index (χ3n) is 2.28. The second-order valence-electron chi connectivity index (χ2n) is 3.44. The summed E-state index contributed by atoms with van der Waals surface area (Å²) in [6, 6.07) is 7.89. The summed E-state index contributed by atoms with van der Waals surface area (Å²) in [5.41, 5.74) is 2.08. The molecule has 0 bridgehead atoms. The van der Waals surface area contributed by atoms with Crippen LogP contribution in [0.25, 0.3) is 0 Å². The number of hydrogen-bond donors (Lipinski definition) is 1. The number of aliphatic hydroxyl groups is 1. The van der Waals surface area contributed by atoms with Gasteiger partial charge in [0.25, 0.3) is 0 Å². The highest BCUT2D eigenvalue weighted by molar-refractivity contribution is 5.28. The van der Waals surface area contributed by atoms with Gasteiger partial charge in [-0.05, 0) is 17.5 Å². The fourth-order valence-corrected chi connectivity index (χ4v) is 1.58. The van der Waals surface area contributed by atoms with Gasteiger partial charge in [-0.3, -0.25) is 0 Å². The van der Waals surface area contributed by atoms with Gasteiger partial charge in [-0.1, -0.05) is 37.6 Å². The van der Waals surface area contributed by atoms with Crippen molar-refractivity contribution in [2.75, 3.05) is 7.11 Å². The Kier molecular flexibility index (Phi) is 4.63. The molecule has 2 nitrogen and oxygen atoms in total. The van der Waals surface area contributed by atoms with Crippen LogP contribution in [-0.4, -0.2) is 12.2 Å². The van der Waals surface area contributed by atoms with Crippen LogP contribution in [0.1, 0.15) is 37.0 Å². The summed E-state index contributed by atoms with van der Waals surface area (Å²) in [5, 5.41) is 9.87. The van der Waals surface area contributed by atoms with E-state index in [1.807, 2.05) is 24.3 Å². The van der Waals surface area contributed by atoms with Crippen LogP contribution in [0.2, 0.25) is 0 Å². The molecule has 1 aromatic rings. The molecule has 1 rings (SSSR count). The molecule has 1 N–H and O–H groups in total. The van der Waals surface area contributed by atoms with Gasteiger partial charge in [-0.25, -0.2) is 0 Å². The number of ether oxygens (including phenoxy) is 1. The Balaban J connectivity index is 2.82. The molecule has 2 heteroatoms. The van der Waals surface area contributed by atoms with Crippen LogP contribution in [0.15, 0.2) is 24.3 Å². The SMILES string of the molecule is CCCC(O)c1ccccc1COC. The van der Waals surface area contributed by atoms with E-state index in [0.717, 1.165) is 24.0 Å². The first-order valence-electron chi connectivity index (χ1n) is 5.04. The molecule has 0 fully saturated rings. The minimum atomic E-state index is -0.355. The summed E-state index contributed by atoms with van der Waals surface area (Å²) < 4.78 is 5.09. The van der Waals surface area contributed by atoms with Crippen molar-refractivity contribution in [3.8, 4) is 0 Å². The Morgan fingerprint density at radius 3 is 2.71 bits per heavy atom. The second-order valence-corrected chi connectivity index (χ2v) is 3.44. The van der Waals surface area contributed by atoms with E-state index in [-0.39, 0.29) is 6.10 Å². The lowest BCUT2D eigenvalue weighted by molar-refractivity contribution is 0.154. The highest BCUT2D eigenvalue weighted by atomic mass is 16.5. The average Bonchev–Trinajstić information content (AvgIpc) is 2.19. The first kappa shape index (κ1) is 11.2. The fourth-order valence-electron chi connectivity index (χ4n) is 1.58. The zero-order valence-electron chi connectivity index (χ0n) is 8.86. The van der Waals surface area contributed by atoms with Crippen LogP contribution in [0.5, 0.6) is 0 Å². The van der Waals surface area contributed by atoms with Crippen molar-refractivity contribution in [1.82, 2.24) is 0 Å². The van der Waals surface area contributed by atoms with E-state index < -0.39 is 0 Å². The predicted octanol–water partition coefficient (Wildman–Crippen LogP) is 2.67. The predicted molar refractivity (Wildman–Crippen MR) is 57.0 cm³/mol. The molecule has 14 heavy (non-hydrogen) atoms. The third kappa shape index (κ3) is 2.82. The summed E-state index contributed by atoms with van der Waals surface area (Å²) >= 11 is 0. The fraction of sp³-hybridized carbons (Fsp3) is 0.500. The molecule has 1 unspecified atom stereocenters. The summed E-state index contributed by atoms with van der Waals surface area (Å²) in [4.78, 5) is 0. The maximum absolute atomic E-state index is 9.87. The van der Waals surface area contributed by atoms with Gasteiger partial charge in [0.05, 0.1) is 12.7 Å². The van der Waals surface area contributed by atoms with Gasteiger partial charge in [0.2, 0.25) is 0 Å². The highest BCUT2D eigenvalue weighted by Gasteiger charge is 2.10. The highest BCUT2D eigenvalue weighted by Crippen LogP contribution is 2.22. The minimum Gasteiger partial charge on any atom is -0.388 e. The van der Waals surface area contributed by atoms with Gasteiger partial charge < -0.3 is 9.84 Å². The van der Waals surface area contributed by atoms with Crippen LogP contribution >= 0.6 is 0 Å². The minimum absolute atomic E-state index is 0.355. The number of benzene rings is 1. The smallest absolute Gasteiger partial charge is 0.0793 e. The Morgan fingerprint density at radius 1 is 1.36 bits per heavy atom. The number of hydrogen-bond acceptors (Lipinski definition) is 2. The molecule has 0 heterocycles. The molecule has 1 aromatic carbocycles. The first-order valence-corrected chi connectivity index (χ1v) is 5.04. The average molecular weight is 194 g/mol.